The van der Waals surface area contributed by atoms with Crippen molar-refractivity contribution >= 4 is 29.3 Å². The first-order valence-electron chi connectivity index (χ1n) is 9.31. The number of aromatic nitrogens is 4. The van der Waals surface area contributed by atoms with Gasteiger partial charge in [0, 0.05) is 28.7 Å². The molecule has 1 N–H and O–H groups in total. The van der Waals surface area contributed by atoms with E-state index in [0.717, 1.165) is 11.3 Å². The molecule has 9 heteroatoms. The number of pyridine rings is 1. The van der Waals surface area contributed by atoms with E-state index in [-0.39, 0.29) is 17.6 Å². The van der Waals surface area contributed by atoms with Crippen molar-refractivity contribution in [2.45, 2.75) is 31.5 Å². The summed E-state index contributed by atoms with van der Waals surface area (Å²) in [6.45, 7) is 5.52. The molecule has 7 nitrogen and oxygen atoms in total. The van der Waals surface area contributed by atoms with Crippen LogP contribution in [-0.4, -0.2) is 36.9 Å². The van der Waals surface area contributed by atoms with Crippen LogP contribution in [0.15, 0.2) is 53.9 Å². The van der Waals surface area contributed by atoms with E-state index in [4.69, 9.17) is 11.6 Å². The Bertz CT molecular complexity index is 1060. The first-order chi connectivity index (χ1) is 14.3. The van der Waals surface area contributed by atoms with Crippen molar-refractivity contribution in [2.75, 3.05) is 5.75 Å². The summed E-state index contributed by atoms with van der Waals surface area (Å²) < 4.78 is 1.87. The molecule has 0 saturated heterocycles. The maximum Gasteiger partial charge on any atom is 0.231 e. The van der Waals surface area contributed by atoms with Gasteiger partial charge in [-0.25, -0.2) is 0 Å². The number of nitrogens with one attached hydrogen (secondary N) is 1. The topological polar surface area (TPSA) is 96.5 Å². The first-order valence-corrected chi connectivity index (χ1v) is 10.7. The van der Waals surface area contributed by atoms with Gasteiger partial charge in [-0.1, -0.05) is 37.2 Å². The molecule has 1 atom stereocenters. The molecule has 0 aliphatic rings. The molecule has 154 valence electrons. The third kappa shape index (κ3) is 4.81. The standard InChI is InChI=1S/C21H21ClN6OS/c1-14(2)21(3,13-23)25-18(29)12-30-20-27-26-19(15-8-10-24-11-9-15)28(20)17-6-4-16(22)5-7-17/h4-11,14H,12H2,1-3H3,(H,25,29). The maximum atomic E-state index is 12.5. The van der Waals surface area contributed by atoms with Gasteiger partial charge in [0.2, 0.25) is 5.91 Å². The van der Waals surface area contributed by atoms with E-state index in [1.165, 1.54) is 11.8 Å². The van der Waals surface area contributed by atoms with Gasteiger partial charge >= 0.3 is 0 Å². The van der Waals surface area contributed by atoms with Crippen LogP contribution in [0.25, 0.3) is 17.1 Å². The number of carbonyl (C=O) groups excluding carboxylic acids is 1. The highest BCUT2D eigenvalue weighted by Crippen LogP contribution is 2.28. The minimum atomic E-state index is -0.927. The number of benzene rings is 1. The van der Waals surface area contributed by atoms with Crippen LogP contribution in [0, 0.1) is 17.2 Å². The Morgan fingerprint density at radius 2 is 1.90 bits per heavy atom. The molecule has 0 fully saturated rings. The molecular weight excluding hydrogens is 420 g/mol. The van der Waals surface area contributed by atoms with Gasteiger partial charge in [-0.15, -0.1) is 10.2 Å². The molecular formula is C21H21ClN6OS. The van der Waals surface area contributed by atoms with Gasteiger partial charge in [-0.05, 0) is 49.2 Å². The number of nitrogens with zero attached hydrogens (tertiary/aromatic N) is 5. The fourth-order valence-corrected chi connectivity index (χ4v) is 3.51. The third-order valence-electron chi connectivity index (χ3n) is 4.78. The van der Waals surface area contributed by atoms with E-state index in [1.54, 1.807) is 31.5 Å². The quantitative estimate of drug-likeness (QED) is 0.555. The fourth-order valence-electron chi connectivity index (χ4n) is 2.63. The SMILES string of the molecule is CC(C)C(C)(C#N)NC(=O)CSc1nnc(-c2ccncc2)n1-c1ccc(Cl)cc1. The zero-order chi connectivity index (χ0) is 21.7. The van der Waals surface area contributed by atoms with E-state index in [1.807, 2.05) is 42.7 Å². The number of carbonyl (C=O) groups is 1. The van der Waals surface area contributed by atoms with Crippen LogP contribution >= 0.6 is 23.4 Å². The van der Waals surface area contributed by atoms with Crippen molar-refractivity contribution in [1.82, 2.24) is 25.1 Å². The highest BCUT2D eigenvalue weighted by molar-refractivity contribution is 7.99. The highest BCUT2D eigenvalue weighted by atomic mass is 35.5. The number of thioether (sulfide) groups is 1. The molecule has 3 rings (SSSR count). The van der Waals surface area contributed by atoms with Gasteiger partial charge in [0.25, 0.3) is 0 Å². The molecule has 0 spiro atoms. The number of amides is 1. The third-order valence-corrected chi connectivity index (χ3v) is 5.96. The van der Waals surface area contributed by atoms with E-state index in [9.17, 15) is 10.1 Å². The van der Waals surface area contributed by atoms with Gasteiger partial charge < -0.3 is 5.32 Å². The van der Waals surface area contributed by atoms with Gasteiger partial charge in [0.1, 0.15) is 5.54 Å². The van der Waals surface area contributed by atoms with Gasteiger partial charge in [-0.3, -0.25) is 14.3 Å². The zero-order valence-corrected chi connectivity index (χ0v) is 18.4. The molecule has 0 bridgehead atoms. The van der Waals surface area contributed by atoms with Crippen molar-refractivity contribution in [3.8, 4) is 23.1 Å². The summed E-state index contributed by atoms with van der Waals surface area (Å²) in [6, 6.07) is 13.2. The number of hydrogen-bond donors (Lipinski definition) is 1. The molecule has 0 radical (unpaired) electrons. The molecule has 30 heavy (non-hydrogen) atoms. The molecule has 0 aliphatic carbocycles. The Hall–Kier alpha value is -2.89. The smallest absolute Gasteiger partial charge is 0.231 e. The second-order valence-electron chi connectivity index (χ2n) is 7.16. The van der Waals surface area contributed by atoms with Crippen LogP contribution in [0.2, 0.25) is 5.02 Å². The Morgan fingerprint density at radius 3 is 2.50 bits per heavy atom. The molecule has 2 heterocycles. The van der Waals surface area contributed by atoms with Crippen molar-refractivity contribution in [2.24, 2.45) is 5.92 Å². The predicted octanol–water partition coefficient (Wildman–Crippen LogP) is 4.13. The minimum Gasteiger partial charge on any atom is -0.337 e. The molecule has 2 aromatic heterocycles. The van der Waals surface area contributed by atoms with Gasteiger partial charge in [0.15, 0.2) is 11.0 Å². The van der Waals surface area contributed by atoms with Crippen LogP contribution in [0.4, 0.5) is 0 Å². The maximum absolute atomic E-state index is 12.5. The molecule has 0 saturated carbocycles. The fraction of sp³-hybridized carbons (Fsp3) is 0.286. The van der Waals surface area contributed by atoms with Crippen molar-refractivity contribution in [1.29, 1.82) is 5.26 Å². The van der Waals surface area contributed by atoms with E-state index in [0.29, 0.717) is 16.0 Å². The number of rotatable bonds is 7. The number of hydrogen-bond acceptors (Lipinski definition) is 6. The average Bonchev–Trinajstić information content (AvgIpc) is 3.17. The monoisotopic (exact) mass is 440 g/mol. The summed E-state index contributed by atoms with van der Waals surface area (Å²) in [5.41, 5.74) is 0.743. The lowest BCUT2D eigenvalue weighted by atomic mass is 9.90. The van der Waals surface area contributed by atoms with Crippen molar-refractivity contribution < 1.29 is 4.79 Å². The largest absolute Gasteiger partial charge is 0.337 e. The van der Waals surface area contributed by atoms with Crippen LogP contribution < -0.4 is 5.32 Å². The Kier molecular flexibility index (Phi) is 6.75. The Balaban J connectivity index is 1.88. The van der Waals surface area contributed by atoms with Crippen LogP contribution in [0.5, 0.6) is 0 Å². The summed E-state index contributed by atoms with van der Waals surface area (Å²) in [5.74, 6) is 0.472. The lowest BCUT2D eigenvalue weighted by Gasteiger charge is -2.27. The van der Waals surface area contributed by atoms with E-state index < -0.39 is 5.54 Å². The van der Waals surface area contributed by atoms with E-state index >= 15 is 0 Å². The van der Waals surface area contributed by atoms with Crippen LogP contribution in [-0.2, 0) is 4.79 Å². The molecule has 1 unspecified atom stereocenters. The summed E-state index contributed by atoms with van der Waals surface area (Å²) in [4.78, 5) is 16.5. The minimum absolute atomic E-state index is 0.0209. The molecule has 1 aromatic carbocycles. The molecule has 0 aliphatic heterocycles. The first kappa shape index (κ1) is 21.8. The normalized spacial score (nSPS) is 12.9. The summed E-state index contributed by atoms with van der Waals surface area (Å²) in [7, 11) is 0. The molecule has 3 aromatic rings. The van der Waals surface area contributed by atoms with Crippen LogP contribution in [0.1, 0.15) is 20.8 Å². The lowest BCUT2D eigenvalue weighted by molar-refractivity contribution is -0.120. The summed E-state index contributed by atoms with van der Waals surface area (Å²) in [6.07, 6.45) is 3.37. The predicted molar refractivity (Wildman–Crippen MR) is 117 cm³/mol. The van der Waals surface area contributed by atoms with Crippen molar-refractivity contribution in [3.63, 3.8) is 0 Å². The van der Waals surface area contributed by atoms with Gasteiger partial charge in [-0.2, -0.15) is 5.26 Å². The molecule has 1 amide bonds. The number of nitriles is 1. The summed E-state index contributed by atoms with van der Waals surface area (Å²) >= 11 is 7.29. The van der Waals surface area contributed by atoms with Crippen molar-refractivity contribution in [3.05, 3.63) is 53.8 Å². The van der Waals surface area contributed by atoms with Crippen LogP contribution in [0.3, 0.4) is 0 Å². The Morgan fingerprint density at radius 1 is 1.23 bits per heavy atom. The average molecular weight is 441 g/mol. The second kappa shape index (κ2) is 9.28. The second-order valence-corrected chi connectivity index (χ2v) is 8.54. The Labute approximate surface area is 184 Å². The van der Waals surface area contributed by atoms with E-state index in [2.05, 4.69) is 26.6 Å². The summed E-state index contributed by atoms with van der Waals surface area (Å²) in [5, 5.41) is 22.0. The van der Waals surface area contributed by atoms with Gasteiger partial charge in [0.05, 0.1) is 11.8 Å². The zero-order valence-electron chi connectivity index (χ0n) is 16.8. The highest BCUT2D eigenvalue weighted by Gasteiger charge is 2.30. The lowest BCUT2D eigenvalue weighted by Crippen LogP contribution is -2.49. The number of halogens is 1.